The minimum Gasteiger partial charge on any atom is -0.507 e. The van der Waals surface area contributed by atoms with E-state index in [1.807, 2.05) is 6.07 Å². The number of phenolic OH excluding ortho intramolecular Hbond substituents is 1. The van der Waals surface area contributed by atoms with Gasteiger partial charge in [0.05, 0.1) is 0 Å². The smallest absolute Gasteiger partial charge is 0.123 e. The fourth-order valence-corrected chi connectivity index (χ4v) is 3.99. The zero-order valence-corrected chi connectivity index (χ0v) is 16.0. The average Bonchev–Trinajstić information content (AvgIpc) is 2.67. The van der Waals surface area contributed by atoms with Gasteiger partial charge >= 0.3 is 0 Å². The molecule has 0 saturated carbocycles. The fourth-order valence-electron chi connectivity index (χ4n) is 3.99. The molecule has 0 unspecified atom stereocenters. The van der Waals surface area contributed by atoms with Crippen molar-refractivity contribution in [1.29, 1.82) is 0 Å². The topological polar surface area (TPSA) is 23.5 Å². The Balaban J connectivity index is 1.60. The zero-order chi connectivity index (χ0) is 18.6. The van der Waals surface area contributed by atoms with Crippen LogP contribution in [0.4, 0.5) is 0 Å². The first-order chi connectivity index (χ1) is 13.2. The Hall–Kier alpha value is -2.58. The number of nitrogens with zero attached hydrogens (tertiary/aromatic N) is 1. The van der Waals surface area contributed by atoms with E-state index in [2.05, 4.69) is 72.6 Å². The number of rotatable bonds is 4. The van der Waals surface area contributed by atoms with Crippen molar-refractivity contribution in [1.82, 2.24) is 4.90 Å². The van der Waals surface area contributed by atoms with E-state index in [-0.39, 0.29) is 0 Å². The third-order valence-electron chi connectivity index (χ3n) is 5.58. The Morgan fingerprint density at radius 1 is 0.704 bits per heavy atom. The summed E-state index contributed by atoms with van der Waals surface area (Å²) < 4.78 is 0. The molecular formula is C25H27NO. The predicted octanol–water partition coefficient (Wildman–Crippen LogP) is 4.91. The van der Waals surface area contributed by atoms with Crippen molar-refractivity contribution in [2.75, 3.05) is 7.05 Å². The van der Waals surface area contributed by atoms with Gasteiger partial charge in [0, 0.05) is 18.7 Å². The first-order valence-corrected chi connectivity index (χ1v) is 9.82. The van der Waals surface area contributed by atoms with Crippen molar-refractivity contribution in [3.05, 3.63) is 100 Å². The van der Waals surface area contributed by atoms with Crippen LogP contribution in [-0.2, 0) is 38.8 Å². The molecule has 7 rings (SSSR count). The van der Waals surface area contributed by atoms with Gasteiger partial charge in [-0.25, -0.2) is 0 Å². The molecule has 4 aliphatic carbocycles. The summed E-state index contributed by atoms with van der Waals surface area (Å²) in [4.78, 5) is 2.29. The molecule has 0 radical (unpaired) electrons. The largest absolute Gasteiger partial charge is 0.507 e. The van der Waals surface area contributed by atoms with E-state index in [9.17, 15) is 5.11 Å². The lowest BCUT2D eigenvalue weighted by atomic mass is 9.92. The second-order valence-electron chi connectivity index (χ2n) is 7.69. The highest BCUT2D eigenvalue weighted by molar-refractivity contribution is 5.47. The van der Waals surface area contributed by atoms with Gasteiger partial charge in [0.15, 0.2) is 0 Å². The van der Waals surface area contributed by atoms with Crippen LogP contribution in [0.5, 0.6) is 5.75 Å². The van der Waals surface area contributed by atoms with Crippen molar-refractivity contribution in [2.45, 2.75) is 38.8 Å². The fraction of sp³-hybridized carbons (Fsp3) is 0.280. The van der Waals surface area contributed by atoms with Gasteiger partial charge in [-0.05, 0) is 60.5 Å². The number of hydrogen-bond acceptors (Lipinski definition) is 2. The Morgan fingerprint density at radius 3 is 1.96 bits per heavy atom. The molecule has 27 heavy (non-hydrogen) atoms. The van der Waals surface area contributed by atoms with E-state index in [0.29, 0.717) is 5.75 Å². The quantitative estimate of drug-likeness (QED) is 0.717. The first-order valence-electron chi connectivity index (χ1n) is 9.82. The minimum absolute atomic E-state index is 0.502. The summed E-state index contributed by atoms with van der Waals surface area (Å²) in [5.74, 6) is 0.502. The number of phenols is 1. The van der Waals surface area contributed by atoms with Crippen molar-refractivity contribution < 1.29 is 5.11 Å². The Labute approximate surface area is 162 Å². The molecule has 2 heteroatoms. The molecule has 0 saturated heterocycles. The summed E-state index contributed by atoms with van der Waals surface area (Å²) in [5.41, 5.74) is 7.43. The van der Waals surface area contributed by atoms with Crippen LogP contribution in [0.2, 0.25) is 0 Å². The Kier molecular flexibility index (Phi) is 5.26. The summed E-state index contributed by atoms with van der Waals surface area (Å²) in [6, 6.07) is 23.8. The van der Waals surface area contributed by atoms with Gasteiger partial charge in [-0.3, -0.25) is 4.90 Å². The predicted molar refractivity (Wildman–Crippen MR) is 111 cm³/mol. The summed E-state index contributed by atoms with van der Waals surface area (Å²) >= 11 is 0. The van der Waals surface area contributed by atoms with Crippen molar-refractivity contribution in [2.24, 2.45) is 0 Å². The number of aromatic hydroxyl groups is 1. The number of hydrogen-bond donors (Lipinski definition) is 1. The van der Waals surface area contributed by atoms with Crippen LogP contribution in [0.3, 0.4) is 0 Å². The highest BCUT2D eigenvalue weighted by Crippen LogP contribution is 2.30. The molecule has 0 aromatic heterocycles. The number of benzene rings is 3. The Bertz CT molecular complexity index is 900. The molecule has 4 aliphatic rings. The third-order valence-corrected chi connectivity index (χ3v) is 5.58. The zero-order valence-electron chi connectivity index (χ0n) is 16.0. The van der Waals surface area contributed by atoms with E-state index in [0.717, 1.165) is 49.9 Å². The lowest BCUT2D eigenvalue weighted by Gasteiger charge is -2.22. The molecule has 3 aromatic rings. The van der Waals surface area contributed by atoms with Crippen LogP contribution >= 0.6 is 0 Å². The molecule has 0 atom stereocenters. The van der Waals surface area contributed by atoms with Crippen LogP contribution in [0.25, 0.3) is 0 Å². The molecule has 138 valence electrons. The maximum absolute atomic E-state index is 11.0. The average molecular weight is 357 g/mol. The van der Waals surface area contributed by atoms with Crippen LogP contribution in [0, 0.1) is 0 Å². The summed E-state index contributed by atoms with van der Waals surface area (Å²) in [5, 5.41) is 11.0. The molecule has 0 spiro atoms. The van der Waals surface area contributed by atoms with E-state index >= 15 is 0 Å². The lowest BCUT2D eigenvalue weighted by molar-refractivity contribution is 0.311. The van der Waals surface area contributed by atoms with Crippen molar-refractivity contribution in [3.8, 4) is 5.75 Å². The molecule has 2 nitrogen and oxygen atoms in total. The molecule has 1 N–H and O–H groups in total. The van der Waals surface area contributed by atoms with Gasteiger partial charge in [-0.1, -0.05) is 66.7 Å². The van der Waals surface area contributed by atoms with Gasteiger partial charge < -0.3 is 5.11 Å². The maximum Gasteiger partial charge on any atom is 0.123 e. The van der Waals surface area contributed by atoms with Crippen molar-refractivity contribution >= 4 is 0 Å². The molecule has 0 amide bonds. The van der Waals surface area contributed by atoms with E-state index in [4.69, 9.17) is 0 Å². The van der Waals surface area contributed by atoms with Gasteiger partial charge in [-0.2, -0.15) is 0 Å². The Morgan fingerprint density at radius 2 is 1.30 bits per heavy atom. The van der Waals surface area contributed by atoms with E-state index in [1.54, 1.807) is 0 Å². The lowest BCUT2D eigenvalue weighted by Crippen LogP contribution is -2.19. The second kappa shape index (κ2) is 7.98. The van der Waals surface area contributed by atoms with Gasteiger partial charge in [0.1, 0.15) is 5.75 Å². The highest BCUT2D eigenvalue weighted by Gasteiger charge is 2.16. The molecule has 0 aliphatic heterocycles. The van der Waals surface area contributed by atoms with Crippen LogP contribution in [0.15, 0.2) is 66.7 Å². The van der Waals surface area contributed by atoms with Gasteiger partial charge in [0.25, 0.3) is 0 Å². The van der Waals surface area contributed by atoms with Crippen molar-refractivity contribution in [3.63, 3.8) is 0 Å². The summed E-state index contributed by atoms with van der Waals surface area (Å²) in [6.07, 6.45) is 3.81. The summed E-state index contributed by atoms with van der Waals surface area (Å²) in [7, 11) is 2.13. The second-order valence-corrected chi connectivity index (χ2v) is 7.69. The molecule has 4 bridgehead atoms. The first kappa shape index (κ1) is 17.8. The van der Waals surface area contributed by atoms with E-state index in [1.165, 1.54) is 22.3 Å². The standard InChI is InChI=1S/C25H27NO/c1-26(17-21-5-3-2-4-6-21)18-24-22-13-11-19-7-9-20(10-8-19)12-14-23(16-15-22)25(24)27/h2-10,15-16,27H,11-14,17-18H2,1H3. The highest BCUT2D eigenvalue weighted by atomic mass is 16.3. The van der Waals surface area contributed by atoms with Gasteiger partial charge in [0.2, 0.25) is 0 Å². The molecule has 3 aromatic carbocycles. The van der Waals surface area contributed by atoms with Crippen LogP contribution in [-0.4, -0.2) is 17.1 Å². The summed E-state index contributed by atoms with van der Waals surface area (Å²) in [6.45, 7) is 1.65. The van der Waals surface area contributed by atoms with Crippen LogP contribution in [0.1, 0.15) is 33.4 Å². The molecular weight excluding hydrogens is 330 g/mol. The van der Waals surface area contributed by atoms with Gasteiger partial charge in [-0.15, -0.1) is 0 Å². The minimum atomic E-state index is 0.502. The van der Waals surface area contributed by atoms with Crippen LogP contribution < -0.4 is 0 Å². The normalized spacial score (nSPS) is 13.6. The number of aryl methyl sites for hydroxylation is 4. The molecule has 0 heterocycles. The van der Waals surface area contributed by atoms with E-state index < -0.39 is 0 Å². The SMILES string of the molecule is CN(Cc1ccccc1)Cc1c2ccc(c1O)CCc1ccc(cc1)CC2. The maximum atomic E-state index is 11.0. The monoisotopic (exact) mass is 357 g/mol. The molecule has 0 fully saturated rings. The third kappa shape index (κ3) is 4.23.